The number of hydrogen-bond donors (Lipinski definition) is 1. The molecule has 0 radical (unpaired) electrons. The van der Waals surface area contributed by atoms with Gasteiger partial charge in [-0.05, 0) is 37.1 Å². The second kappa shape index (κ2) is 5.12. The summed E-state index contributed by atoms with van der Waals surface area (Å²) in [5.41, 5.74) is 0.983. The van der Waals surface area contributed by atoms with Crippen molar-refractivity contribution in [1.29, 1.82) is 0 Å². The quantitative estimate of drug-likeness (QED) is 0.917. The number of hydrogen-bond acceptors (Lipinski definition) is 2. The molecule has 0 spiro atoms. The average Bonchev–Trinajstić information content (AvgIpc) is 3.30. The number of carboxylic acids is 1. The maximum atomic E-state index is 12.6. The van der Waals surface area contributed by atoms with Crippen LogP contribution in [0.1, 0.15) is 40.4 Å². The zero-order valence-corrected chi connectivity index (χ0v) is 11.4. The Kier molecular flexibility index (Phi) is 3.39. The molecule has 3 rings (SSSR count). The molecule has 6 heteroatoms. The third-order valence-electron chi connectivity index (χ3n) is 3.63. The highest BCUT2D eigenvalue weighted by molar-refractivity contribution is 5.89. The van der Waals surface area contributed by atoms with Crippen molar-refractivity contribution < 1.29 is 23.1 Å². The van der Waals surface area contributed by atoms with Crippen LogP contribution in [0.15, 0.2) is 36.4 Å². The van der Waals surface area contributed by atoms with Crippen LogP contribution in [-0.2, 0) is 6.18 Å². The number of aromatic nitrogens is 1. The van der Waals surface area contributed by atoms with Crippen molar-refractivity contribution in [2.45, 2.75) is 24.9 Å². The van der Waals surface area contributed by atoms with Crippen LogP contribution in [0.4, 0.5) is 13.2 Å². The molecule has 1 fully saturated rings. The molecule has 1 aliphatic rings. The molecule has 114 valence electrons. The molecule has 1 saturated carbocycles. The number of alkyl halides is 3. The van der Waals surface area contributed by atoms with Gasteiger partial charge in [-0.1, -0.05) is 12.1 Å². The van der Waals surface area contributed by atoms with Gasteiger partial charge in [-0.3, -0.25) is 4.98 Å². The minimum absolute atomic E-state index is 0.139. The Hall–Kier alpha value is -2.37. The Balaban J connectivity index is 1.98. The second-order valence-corrected chi connectivity index (χ2v) is 5.28. The third-order valence-corrected chi connectivity index (χ3v) is 3.63. The molecule has 0 aliphatic heterocycles. The molecule has 0 amide bonds. The number of halogens is 3. The number of carboxylic acid groups (broad SMARTS) is 1. The molecule has 0 saturated heterocycles. The van der Waals surface area contributed by atoms with E-state index in [4.69, 9.17) is 5.11 Å². The second-order valence-electron chi connectivity index (χ2n) is 5.28. The average molecular weight is 307 g/mol. The Bertz CT molecular complexity index is 719. The van der Waals surface area contributed by atoms with Crippen LogP contribution in [0.2, 0.25) is 0 Å². The van der Waals surface area contributed by atoms with Crippen LogP contribution < -0.4 is 0 Å². The van der Waals surface area contributed by atoms with Gasteiger partial charge in [-0.2, -0.15) is 13.2 Å². The Morgan fingerprint density at radius 1 is 1.09 bits per heavy atom. The molecule has 22 heavy (non-hydrogen) atoms. The van der Waals surface area contributed by atoms with Crippen LogP contribution >= 0.6 is 0 Å². The summed E-state index contributed by atoms with van der Waals surface area (Å²) < 4.78 is 37.7. The summed E-state index contributed by atoms with van der Waals surface area (Å²) in [6, 6.07) is 7.69. The van der Waals surface area contributed by atoms with Gasteiger partial charge in [0.15, 0.2) is 0 Å². The van der Waals surface area contributed by atoms with Crippen molar-refractivity contribution in [2.75, 3.05) is 0 Å². The van der Waals surface area contributed by atoms with Crippen LogP contribution in [0.25, 0.3) is 11.3 Å². The van der Waals surface area contributed by atoms with E-state index in [0.717, 1.165) is 25.0 Å². The summed E-state index contributed by atoms with van der Waals surface area (Å²) in [6.07, 6.45) is -2.59. The first-order valence-electron chi connectivity index (χ1n) is 6.78. The topological polar surface area (TPSA) is 50.2 Å². The van der Waals surface area contributed by atoms with E-state index < -0.39 is 17.7 Å². The van der Waals surface area contributed by atoms with E-state index in [2.05, 4.69) is 4.98 Å². The molecule has 0 bridgehead atoms. The summed E-state index contributed by atoms with van der Waals surface area (Å²) in [5, 5.41) is 9.16. The molecule has 1 aromatic carbocycles. The highest BCUT2D eigenvalue weighted by Crippen LogP contribution is 2.41. The SMILES string of the molecule is O=C(O)c1ccc(-c2ccc(C(F)(F)F)cc2)nc1C1CC1. The Labute approximate surface area is 124 Å². The molecular weight excluding hydrogens is 295 g/mol. The van der Waals surface area contributed by atoms with E-state index in [1.165, 1.54) is 24.3 Å². The van der Waals surface area contributed by atoms with Gasteiger partial charge in [-0.15, -0.1) is 0 Å². The fourth-order valence-electron chi connectivity index (χ4n) is 2.31. The molecular formula is C16H12F3NO2. The van der Waals surface area contributed by atoms with Crippen molar-refractivity contribution in [2.24, 2.45) is 0 Å². The molecule has 3 nitrogen and oxygen atoms in total. The van der Waals surface area contributed by atoms with E-state index in [9.17, 15) is 18.0 Å². The molecule has 1 heterocycles. The fourth-order valence-corrected chi connectivity index (χ4v) is 2.31. The van der Waals surface area contributed by atoms with E-state index in [-0.39, 0.29) is 11.5 Å². The molecule has 1 aliphatic carbocycles. The minimum atomic E-state index is -4.38. The zero-order chi connectivity index (χ0) is 15.9. The number of benzene rings is 1. The van der Waals surface area contributed by atoms with E-state index >= 15 is 0 Å². The van der Waals surface area contributed by atoms with Gasteiger partial charge in [0.05, 0.1) is 22.5 Å². The summed E-state index contributed by atoms with van der Waals surface area (Å²) in [7, 11) is 0. The fraction of sp³-hybridized carbons (Fsp3) is 0.250. The van der Waals surface area contributed by atoms with Gasteiger partial charge >= 0.3 is 12.1 Å². The first kappa shape index (κ1) is 14.6. The molecule has 1 aromatic heterocycles. The largest absolute Gasteiger partial charge is 0.478 e. The monoisotopic (exact) mass is 307 g/mol. The highest BCUT2D eigenvalue weighted by Gasteiger charge is 2.31. The number of carbonyl (C=O) groups is 1. The third kappa shape index (κ3) is 2.81. The van der Waals surface area contributed by atoms with Gasteiger partial charge in [0.1, 0.15) is 0 Å². The van der Waals surface area contributed by atoms with Gasteiger partial charge in [0, 0.05) is 11.5 Å². The Morgan fingerprint density at radius 2 is 1.73 bits per heavy atom. The summed E-state index contributed by atoms with van der Waals surface area (Å²) in [6.45, 7) is 0. The van der Waals surface area contributed by atoms with Gasteiger partial charge < -0.3 is 5.11 Å². The Morgan fingerprint density at radius 3 is 2.23 bits per heavy atom. The van der Waals surface area contributed by atoms with Gasteiger partial charge in [0.25, 0.3) is 0 Å². The van der Waals surface area contributed by atoms with E-state index in [1.807, 2.05) is 0 Å². The van der Waals surface area contributed by atoms with Crippen LogP contribution in [0, 0.1) is 0 Å². The van der Waals surface area contributed by atoms with Crippen molar-refractivity contribution >= 4 is 5.97 Å². The maximum absolute atomic E-state index is 12.6. The maximum Gasteiger partial charge on any atom is 0.416 e. The summed E-state index contributed by atoms with van der Waals surface area (Å²) in [4.78, 5) is 15.5. The van der Waals surface area contributed by atoms with Gasteiger partial charge in [-0.25, -0.2) is 4.79 Å². The van der Waals surface area contributed by atoms with Gasteiger partial charge in [0.2, 0.25) is 0 Å². The smallest absolute Gasteiger partial charge is 0.416 e. The zero-order valence-electron chi connectivity index (χ0n) is 11.4. The molecule has 1 N–H and O–H groups in total. The van der Waals surface area contributed by atoms with Crippen LogP contribution in [0.5, 0.6) is 0 Å². The van der Waals surface area contributed by atoms with Crippen LogP contribution in [-0.4, -0.2) is 16.1 Å². The predicted octanol–water partition coefficient (Wildman–Crippen LogP) is 4.34. The molecule has 0 atom stereocenters. The van der Waals surface area contributed by atoms with Crippen LogP contribution in [0.3, 0.4) is 0 Å². The number of nitrogens with zero attached hydrogens (tertiary/aromatic N) is 1. The van der Waals surface area contributed by atoms with E-state index in [0.29, 0.717) is 17.0 Å². The summed E-state index contributed by atoms with van der Waals surface area (Å²) in [5.74, 6) is -0.895. The molecule has 2 aromatic rings. The lowest BCUT2D eigenvalue weighted by Crippen LogP contribution is -2.05. The number of rotatable bonds is 3. The first-order valence-corrected chi connectivity index (χ1v) is 6.78. The summed E-state index contributed by atoms with van der Waals surface area (Å²) >= 11 is 0. The van der Waals surface area contributed by atoms with Crippen molar-refractivity contribution in [3.63, 3.8) is 0 Å². The minimum Gasteiger partial charge on any atom is -0.478 e. The lowest BCUT2D eigenvalue weighted by atomic mass is 10.0. The highest BCUT2D eigenvalue weighted by atomic mass is 19.4. The molecule has 0 unspecified atom stereocenters. The first-order chi connectivity index (χ1) is 10.4. The van der Waals surface area contributed by atoms with Crippen molar-refractivity contribution in [1.82, 2.24) is 4.98 Å². The number of aromatic carboxylic acids is 1. The normalized spacial score (nSPS) is 14.9. The van der Waals surface area contributed by atoms with E-state index in [1.54, 1.807) is 0 Å². The number of pyridine rings is 1. The van der Waals surface area contributed by atoms with Crippen molar-refractivity contribution in [3.05, 3.63) is 53.2 Å². The standard InChI is InChI=1S/C16H12F3NO2/c17-16(18,19)11-5-3-9(4-6-11)13-8-7-12(15(21)22)14(20-13)10-1-2-10/h3-8,10H,1-2H2,(H,21,22). The van der Waals surface area contributed by atoms with Crippen molar-refractivity contribution in [3.8, 4) is 11.3 Å². The predicted molar refractivity (Wildman–Crippen MR) is 73.6 cm³/mol. The lowest BCUT2D eigenvalue weighted by Gasteiger charge is -2.09. The lowest BCUT2D eigenvalue weighted by molar-refractivity contribution is -0.137.